The van der Waals surface area contributed by atoms with Crippen molar-refractivity contribution in [2.75, 3.05) is 10.6 Å². The van der Waals surface area contributed by atoms with Crippen molar-refractivity contribution in [1.82, 2.24) is 5.43 Å². The number of para-hydroxylation sites is 1. The molecule has 0 heterocycles. The number of rotatable bonds is 7. The number of aromatic carboxylic acids is 1. The van der Waals surface area contributed by atoms with Crippen LogP contribution in [0.1, 0.15) is 34.0 Å². The molecule has 3 rings (SSSR count). The van der Waals surface area contributed by atoms with E-state index in [-0.39, 0.29) is 5.56 Å². The fraction of sp³-hybridized carbons (Fsp3) is 0.120. The Morgan fingerprint density at radius 2 is 1.67 bits per heavy atom. The molecule has 168 valence electrons. The molecule has 0 spiro atoms. The lowest BCUT2D eigenvalue weighted by molar-refractivity contribution is -0.136. The van der Waals surface area contributed by atoms with Crippen molar-refractivity contribution in [3.63, 3.8) is 0 Å². The van der Waals surface area contributed by atoms with Gasteiger partial charge in [0.1, 0.15) is 0 Å². The first-order chi connectivity index (χ1) is 15.9. The van der Waals surface area contributed by atoms with E-state index < -0.39 is 17.8 Å². The average Bonchev–Trinajstić information content (AvgIpc) is 2.81. The van der Waals surface area contributed by atoms with E-state index in [4.69, 9.17) is 0 Å². The van der Waals surface area contributed by atoms with Crippen LogP contribution >= 0.6 is 0 Å². The summed E-state index contributed by atoms with van der Waals surface area (Å²) >= 11 is 0. The lowest BCUT2D eigenvalue weighted by atomic mass is 10.1. The molecule has 0 aliphatic heterocycles. The Hall–Kier alpha value is -4.46. The van der Waals surface area contributed by atoms with Crippen LogP contribution in [0.2, 0.25) is 0 Å². The maximum absolute atomic E-state index is 12.1. The summed E-state index contributed by atoms with van der Waals surface area (Å²) < 4.78 is 0. The summed E-state index contributed by atoms with van der Waals surface area (Å²) in [5.41, 5.74) is 6.69. The molecule has 0 bridgehead atoms. The quantitative estimate of drug-likeness (QED) is 0.249. The zero-order valence-electron chi connectivity index (χ0n) is 18.3. The average molecular weight is 444 g/mol. The largest absolute Gasteiger partial charge is 0.478 e. The van der Waals surface area contributed by atoms with E-state index in [0.717, 1.165) is 23.2 Å². The second kappa shape index (κ2) is 10.7. The van der Waals surface area contributed by atoms with Crippen LogP contribution in [0.3, 0.4) is 0 Å². The Morgan fingerprint density at radius 1 is 0.939 bits per heavy atom. The molecule has 0 aliphatic carbocycles. The molecule has 3 aromatic carbocycles. The Kier molecular flexibility index (Phi) is 7.54. The first kappa shape index (κ1) is 23.2. The van der Waals surface area contributed by atoms with Gasteiger partial charge in [-0.3, -0.25) is 9.59 Å². The smallest absolute Gasteiger partial charge is 0.335 e. The molecule has 0 fully saturated rings. The van der Waals surface area contributed by atoms with Crippen LogP contribution in [0.5, 0.6) is 0 Å². The van der Waals surface area contributed by atoms with Crippen LogP contribution in [0.15, 0.2) is 71.8 Å². The highest BCUT2D eigenvalue weighted by molar-refractivity contribution is 6.39. The van der Waals surface area contributed by atoms with Gasteiger partial charge in [-0.2, -0.15) is 5.10 Å². The van der Waals surface area contributed by atoms with Crippen LogP contribution in [-0.2, 0) is 16.0 Å². The third-order valence-electron chi connectivity index (χ3n) is 4.91. The van der Waals surface area contributed by atoms with E-state index in [1.54, 1.807) is 18.2 Å². The van der Waals surface area contributed by atoms with Crippen molar-refractivity contribution in [2.45, 2.75) is 20.3 Å². The number of carboxylic acid groups (broad SMARTS) is 1. The molecule has 8 nitrogen and oxygen atoms in total. The van der Waals surface area contributed by atoms with Crippen LogP contribution in [0, 0.1) is 6.92 Å². The number of hydrazone groups is 1. The van der Waals surface area contributed by atoms with Crippen molar-refractivity contribution in [1.29, 1.82) is 0 Å². The molecule has 0 saturated heterocycles. The lowest BCUT2D eigenvalue weighted by Crippen LogP contribution is -2.32. The molecule has 0 saturated carbocycles. The van der Waals surface area contributed by atoms with Gasteiger partial charge >= 0.3 is 17.8 Å². The highest BCUT2D eigenvalue weighted by Gasteiger charge is 2.13. The van der Waals surface area contributed by atoms with E-state index in [2.05, 4.69) is 21.2 Å². The zero-order valence-corrected chi connectivity index (χ0v) is 18.3. The molecular formula is C25H24N4O4. The highest BCUT2D eigenvalue weighted by Crippen LogP contribution is 2.23. The molecule has 2 amide bonds. The zero-order chi connectivity index (χ0) is 23.8. The molecule has 3 aromatic rings. The number of nitrogens with zero attached hydrogens (tertiary/aromatic N) is 1. The van der Waals surface area contributed by atoms with Crippen LogP contribution in [0.25, 0.3) is 0 Å². The van der Waals surface area contributed by atoms with Crippen molar-refractivity contribution in [2.24, 2.45) is 5.10 Å². The van der Waals surface area contributed by atoms with Gasteiger partial charge in [-0.05, 0) is 60.9 Å². The Morgan fingerprint density at radius 3 is 2.33 bits per heavy atom. The summed E-state index contributed by atoms with van der Waals surface area (Å²) in [6.45, 7) is 3.96. The van der Waals surface area contributed by atoms with Crippen molar-refractivity contribution in [3.8, 4) is 0 Å². The molecule has 0 aromatic heterocycles. The van der Waals surface area contributed by atoms with Crippen LogP contribution in [0.4, 0.5) is 17.1 Å². The van der Waals surface area contributed by atoms with E-state index in [1.807, 2.05) is 50.2 Å². The van der Waals surface area contributed by atoms with Gasteiger partial charge in [-0.15, -0.1) is 0 Å². The summed E-state index contributed by atoms with van der Waals surface area (Å²) in [6, 6.07) is 19.3. The summed E-state index contributed by atoms with van der Waals surface area (Å²) in [6.07, 6.45) is 2.15. The molecule has 33 heavy (non-hydrogen) atoms. The number of carbonyl (C=O) groups is 3. The van der Waals surface area contributed by atoms with Crippen molar-refractivity contribution in [3.05, 3.63) is 89.0 Å². The number of amides is 2. The monoisotopic (exact) mass is 444 g/mol. The lowest BCUT2D eigenvalue weighted by Gasteiger charge is -2.12. The number of carboxylic acids is 1. The number of hydrogen-bond acceptors (Lipinski definition) is 5. The van der Waals surface area contributed by atoms with E-state index >= 15 is 0 Å². The fourth-order valence-corrected chi connectivity index (χ4v) is 3.00. The highest BCUT2D eigenvalue weighted by atomic mass is 16.4. The minimum atomic E-state index is -1.09. The number of carbonyl (C=O) groups excluding carboxylic acids is 2. The van der Waals surface area contributed by atoms with Gasteiger partial charge in [-0.1, -0.05) is 37.3 Å². The predicted octanol–water partition coefficient (Wildman–Crippen LogP) is 4.09. The van der Waals surface area contributed by atoms with Crippen LogP contribution < -0.4 is 16.1 Å². The predicted molar refractivity (Wildman–Crippen MR) is 128 cm³/mol. The second-order valence-electron chi connectivity index (χ2n) is 7.25. The maximum Gasteiger partial charge on any atom is 0.335 e. The van der Waals surface area contributed by atoms with Gasteiger partial charge in [0.25, 0.3) is 0 Å². The van der Waals surface area contributed by atoms with Crippen LogP contribution in [-0.4, -0.2) is 29.1 Å². The maximum atomic E-state index is 12.1. The number of hydrogen-bond donors (Lipinski definition) is 4. The van der Waals surface area contributed by atoms with E-state index in [9.17, 15) is 19.5 Å². The van der Waals surface area contributed by atoms with Gasteiger partial charge in [0, 0.05) is 22.6 Å². The third-order valence-corrected chi connectivity index (χ3v) is 4.91. The van der Waals surface area contributed by atoms with Gasteiger partial charge in [0.05, 0.1) is 11.8 Å². The molecule has 4 N–H and O–H groups in total. The first-order valence-corrected chi connectivity index (χ1v) is 10.3. The number of aryl methyl sites for hydroxylation is 2. The van der Waals surface area contributed by atoms with E-state index in [0.29, 0.717) is 16.9 Å². The molecule has 8 heteroatoms. The Labute approximate surface area is 191 Å². The SMILES string of the molecule is CCc1ccc(NC(=O)C(=O)N/N=C\c2cc(C(=O)O)ccc2Nc2ccccc2C)cc1. The number of anilines is 3. The molecule has 0 aliphatic rings. The molecule has 0 radical (unpaired) electrons. The topological polar surface area (TPSA) is 120 Å². The molecule has 0 unspecified atom stereocenters. The minimum Gasteiger partial charge on any atom is -0.478 e. The Bertz CT molecular complexity index is 1200. The second-order valence-corrected chi connectivity index (χ2v) is 7.25. The summed E-state index contributed by atoms with van der Waals surface area (Å²) in [4.78, 5) is 35.6. The molecular weight excluding hydrogens is 420 g/mol. The van der Waals surface area contributed by atoms with Gasteiger partial charge in [-0.25, -0.2) is 10.2 Å². The van der Waals surface area contributed by atoms with Gasteiger partial charge < -0.3 is 15.7 Å². The third kappa shape index (κ3) is 6.27. The van der Waals surface area contributed by atoms with Crippen molar-refractivity contribution < 1.29 is 19.5 Å². The summed E-state index contributed by atoms with van der Waals surface area (Å²) in [7, 11) is 0. The molecule has 0 atom stereocenters. The summed E-state index contributed by atoms with van der Waals surface area (Å²) in [5.74, 6) is -2.91. The van der Waals surface area contributed by atoms with Gasteiger partial charge in [0.2, 0.25) is 0 Å². The van der Waals surface area contributed by atoms with Gasteiger partial charge in [0.15, 0.2) is 0 Å². The standard InChI is InChI=1S/C25H24N4O4/c1-3-17-8-11-20(12-9-17)27-23(30)24(31)29-26-15-19-14-18(25(32)33)10-13-22(19)28-21-7-5-4-6-16(21)2/h4-15,28H,3H2,1-2H3,(H,27,30)(H,29,31)(H,32,33)/b26-15-. The first-order valence-electron chi connectivity index (χ1n) is 10.3. The van der Waals surface area contributed by atoms with Crippen molar-refractivity contribution >= 4 is 41.1 Å². The number of nitrogens with one attached hydrogen (secondary N) is 3. The minimum absolute atomic E-state index is 0.0615. The van der Waals surface area contributed by atoms with E-state index in [1.165, 1.54) is 18.3 Å². The summed E-state index contributed by atoms with van der Waals surface area (Å²) in [5, 5.41) is 18.9. The number of benzene rings is 3. The normalized spacial score (nSPS) is 10.6. The Balaban J connectivity index is 1.72. The fourth-order valence-electron chi connectivity index (χ4n) is 3.00.